The van der Waals surface area contributed by atoms with Crippen LogP contribution in [-0.2, 0) is 29.2 Å². The molecule has 0 spiro atoms. The Morgan fingerprint density at radius 2 is 1.36 bits per heavy atom. The molecule has 4 rings (SSSR count). The summed E-state index contributed by atoms with van der Waals surface area (Å²) in [5.74, 6) is -0.322. The van der Waals surface area contributed by atoms with E-state index in [0.717, 1.165) is 37.0 Å². The third-order valence-corrected chi connectivity index (χ3v) is 6.18. The molecule has 136 valence electrons. The van der Waals surface area contributed by atoms with Gasteiger partial charge in [-0.05, 0) is 61.7 Å². The Labute approximate surface area is 170 Å². The number of rotatable bonds is 7. The van der Waals surface area contributed by atoms with Crippen LogP contribution in [0.25, 0.3) is 0 Å². The molecule has 4 fully saturated rings. The van der Waals surface area contributed by atoms with Crippen LogP contribution in [0.1, 0.15) is 44.9 Å². The van der Waals surface area contributed by atoms with Crippen molar-refractivity contribution in [2.45, 2.75) is 44.9 Å². The monoisotopic (exact) mass is 382 g/mol. The zero-order chi connectivity index (χ0) is 17.4. The van der Waals surface area contributed by atoms with Crippen LogP contribution in [0.2, 0.25) is 0 Å². The Morgan fingerprint density at radius 1 is 0.920 bits per heavy atom. The van der Waals surface area contributed by atoms with Gasteiger partial charge in [-0.25, -0.2) is 8.42 Å². The summed E-state index contributed by atoms with van der Waals surface area (Å²) < 4.78 is 40.9. The fourth-order valence-electron chi connectivity index (χ4n) is 5.36. The predicted octanol–water partition coefficient (Wildman–Crippen LogP) is -1.77. The number of carbonyl (C=O) groups excluding carboxylic acids is 2. The van der Waals surface area contributed by atoms with Gasteiger partial charge >= 0.3 is 41.5 Å². The van der Waals surface area contributed by atoms with Crippen LogP contribution in [0.5, 0.6) is 0 Å². The van der Waals surface area contributed by atoms with E-state index < -0.39 is 21.8 Å². The van der Waals surface area contributed by atoms with Crippen molar-refractivity contribution < 1.29 is 61.6 Å². The fraction of sp³-hybridized carbons (Fsp3) is 0.875. The Kier molecular flexibility index (Phi) is 6.98. The Balaban J connectivity index is 0.00000225. The van der Waals surface area contributed by atoms with Crippen molar-refractivity contribution in [1.29, 1.82) is 0 Å². The molecule has 0 radical (unpaired) electrons. The van der Waals surface area contributed by atoms with Gasteiger partial charge in [0.05, 0.1) is 6.42 Å². The van der Waals surface area contributed by atoms with E-state index in [0.29, 0.717) is 6.42 Å². The van der Waals surface area contributed by atoms with Crippen LogP contribution < -0.4 is 29.6 Å². The number of hydrogen-bond donors (Lipinski definition) is 0. The number of ether oxygens (including phenoxy) is 2. The summed E-state index contributed by atoms with van der Waals surface area (Å²) in [5.41, 5.74) is 0.0964. The molecule has 4 saturated carbocycles. The molecule has 0 N–H and O–H groups in total. The second-order valence-electron chi connectivity index (χ2n) is 7.74. The van der Waals surface area contributed by atoms with Crippen LogP contribution in [0, 0.1) is 23.2 Å². The molecule has 25 heavy (non-hydrogen) atoms. The molecular formula is C16H23NaO7S. The van der Waals surface area contributed by atoms with E-state index in [1.54, 1.807) is 0 Å². The zero-order valence-electron chi connectivity index (χ0n) is 14.6. The smallest absolute Gasteiger partial charge is 0.748 e. The van der Waals surface area contributed by atoms with Crippen molar-refractivity contribution in [3.8, 4) is 0 Å². The van der Waals surface area contributed by atoms with E-state index in [2.05, 4.69) is 4.74 Å². The molecule has 9 heteroatoms. The molecule has 0 aromatic heterocycles. The number of esters is 2. The van der Waals surface area contributed by atoms with Gasteiger partial charge in [0.1, 0.15) is 29.1 Å². The van der Waals surface area contributed by atoms with E-state index in [1.807, 2.05) is 0 Å². The third kappa shape index (κ3) is 5.92. The van der Waals surface area contributed by atoms with Gasteiger partial charge < -0.3 is 14.0 Å². The van der Waals surface area contributed by atoms with Crippen molar-refractivity contribution in [3.05, 3.63) is 0 Å². The summed E-state index contributed by atoms with van der Waals surface area (Å²) >= 11 is 0. The summed E-state index contributed by atoms with van der Waals surface area (Å²) in [6.45, 7) is -0.350. The molecule has 0 heterocycles. The Hall–Kier alpha value is -0.150. The van der Waals surface area contributed by atoms with Gasteiger partial charge in [-0.3, -0.25) is 9.59 Å². The van der Waals surface area contributed by atoms with Crippen molar-refractivity contribution in [2.75, 3.05) is 19.0 Å². The van der Waals surface area contributed by atoms with Gasteiger partial charge in [0, 0.05) is 0 Å². The van der Waals surface area contributed by atoms with Gasteiger partial charge in [0.15, 0.2) is 0 Å². The largest absolute Gasteiger partial charge is 1.00 e. The van der Waals surface area contributed by atoms with Gasteiger partial charge in [-0.2, -0.15) is 0 Å². The molecule has 7 nitrogen and oxygen atoms in total. The minimum absolute atomic E-state index is 0. The van der Waals surface area contributed by atoms with Crippen LogP contribution in [0.4, 0.5) is 0 Å². The van der Waals surface area contributed by atoms with Crippen molar-refractivity contribution in [2.24, 2.45) is 23.2 Å². The van der Waals surface area contributed by atoms with Crippen LogP contribution in [0.3, 0.4) is 0 Å². The molecule has 0 aromatic carbocycles. The van der Waals surface area contributed by atoms with Crippen LogP contribution >= 0.6 is 0 Å². The molecular weight excluding hydrogens is 359 g/mol. The standard InChI is InChI=1S/C16H24O7S.Na/c17-14(22-1-2-23-15(18)10-24(19,20)21)9-16-6-11-3-12(7-16)5-13(4-11)8-16;/h11-13H,1-10H2,(H,19,20,21);/q;+1/p-1. The minimum atomic E-state index is -4.64. The molecule has 4 aliphatic carbocycles. The summed E-state index contributed by atoms with van der Waals surface area (Å²) in [5, 5.41) is 0. The Morgan fingerprint density at radius 3 is 1.80 bits per heavy atom. The van der Waals surface area contributed by atoms with E-state index >= 15 is 0 Å². The summed E-state index contributed by atoms with van der Waals surface area (Å²) in [6, 6.07) is 0. The maximum absolute atomic E-state index is 12.1. The first-order valence-electron chi connectivity index (χ1n) is 8.48. The van der Waals surface area contributed by atoms with Gasteiger partial charge in [0.25, 0.3) is 0 Å². The molecule has 0 aliphatic heterocycles. The maximum atomic E-state index is 12.1. The van der Waals surface area contributed by atoms with E-state index in [-0.39, 0.29) is 54.2 Å². The van der Waals surface area contributed by atoms with Crippen molar-refractivity contribution in [1.82, 2.24) is 0 Å². The molecule has 0 unspecified atom stereocenters. The van der Waals surface area contributed by atoms with Gasteiger partial charge in [-0.1, -0.05) is 0 Å². The fourth-order valence-corrected chi connectivity index (χ4v) is 5.73. The normalized spacial score (nSPS) is 32.8. The van der Waals surface area contributed by atoms with Crippen LogP contribution in [-0.4, -0.2) is 43.9 Å². The SMILES string of the molecule is O=C(CC12CC3CC(CC(C3)C1)C2)OCCOC(=O)CS(=O)(=O)[O-].[Na+]. The molecule has 4 aliphatic rings. The average Bonchev–Trinajstić information content (AvgIpc) is 2.39. The second-order valence-corrected chi connectivity index (χ2v) is 9.14. The maximum Gasteiger partial charge on any atom is 1.00 e. The average molecular weight is 382 g/mol. The van der Waals surface area contributed by atoms with Crippen LogP contribution in [0.15, 0.2) is 0 Å². The van der Waals surface area contributed by atoms with E-state index in [9.17, 15) is 22.6 Å². The topological polar surface area (TPSA) is 110 Å². The first kappa shape index (κ1) is 21.2. The molecule has 4 bridgehead atoms. The Bertz CT molecular complexity index is 581. The summed E-state index contributed by atoms with van der Waals surface area (Å²) in [7, 11) is -4.64. The third-order valence-electron chi connectivity index (χ3n) is 5.59. The predicted molar refractivity (Wildman–Crippen MR) is 81.7 cm³/mol. The van der Waals surface area contributed by atoms with Gasteiger partial charge in [-0.15, -0.1) is 0 Å². The molecule has 0 atom stereocenters. The first-order chi connectivity index (χ1) is 11.2. The zero-order valence-corrected chi connectivity index (χ0v) is 17.4. The number of hydrogen-bond acceptors (Lipinski definition) is 7. The quantitative estimate of drug-likeness (QED) is 0.222. The van der Waals surface area contributed by atoms with E-state index in [1.165, 1.54) is 19.3 Å². The number of carbonyl (C=O) groups is 2. The van der Waals surface area contributed by atoms with E-state index in [4.69, 9.17) is 4.74 Å². The van der Waals surface area contributed by atoms with Crippen molar-refractivity contribution in [3.63, 3.8) is 0 Å². The van der Waals surface area contributed by atoms with Gasteiger partial charge in [0.2, 0.25) is 0 Å². The second kappa shape index (κ2) is 8.25. The molecule has 0 amide bonds. The summed E-state index contributed by atoms with van der Waals surface area (Å²) in [6.07, 6.45) is 7.70. The minimum Gasteiger partial charge on any atom is -0.748 e. The summed E-state index contributed by atoms with van der Waals surface area (Å²) in [4.78, 5) is 23.2. The van der Waals surface area contributed by atoms with Crippen molar-refractivity contribution >= 4 is 22.1 Å². The molecule has 0 saturated heterocycles. The molecule has 0 aromatic rings. The first-order valence-corrected chi connectivity index (χ1v) is 10.1.